The van der Waals surface area contributed by atoms with E-state index in [4.69, 9.17) is 14.7 Å². The zero-order valence-electron chi connectivity index (χ0n) is 28.3. The molecule has 246 valence electrons. The molecule has 0 aliphatic rings. The van der Waals surface area contributed by atoms with Crippen LogP contribution < -0.4 is 16.4 Å². The number of aliphatic carboxylic acids is 1. The van der Waals surface area contributed by atoms with Crippen molar-refractivity contribution < 1.29 is 24.3 Å². The van der Waals surface area contributed by atoms with Gasteiger partial charge in [-0.1, -0.05) is 127 Å². The van der Waals surface area contributed by atoms with Gasteiger partial charge >= 0.3 is 5.97 Å². The summed E-state index contributed by atoms with van der Waals surface area (Å²) in [5.74, 6) is 0.778. The molecular weight excluding hydrogens is 542 g/mol. The Morgan fingerprint density at radius 1 is 0.814 bits per heavy atom. The molecule has 0 saturated carbocycles. The lowest BCUT2D eigenvalue weighted by Crippen LogP contribution is -2.21. The first-order valence-electron chi connectivity index (χ1n) is 15.2. The Hall–Kier alpha value is -3.36. The van der Waals surface area contributed by atoms with E-state index in [0.717, 1.165) is 18.6 Å². The molecule has 2 aromatic rings. The molecule has 8 nitrogen and oxygen atoms in total. The average Bonchev–Trinajstić information content (AvgIpc) is 3.02. The summed E-state index contributed by atoms with van der Waals surface area (Å²) >= 11 is 0. The molecule has 0 aliphatic carbocycles. The summed E-state index contributed by atoms with van der Waals surface area (Å²) in [5, 5.41) is 12.7. The highest BCUT2D eigenvalue weighted by Gasteiger charge is 1.98. The van der Waals surface area contributed by atoms with Crippen LogP contribution in [0.15, 0.2) is 54.6 Å². The van der Waals surface area contributed by atoms with Gasteiger partial charge in [0.05, 0.1) is 6.04 Å². The van der Waals surface area contributed by atoms with E-state index < -0.39 is 5.97 Å². The third-order valence-electron chi connectivity index (χ3n) is 5.72. The number of carbonyl (C=O) groups is 4. The quantitative estimate of drug-likeness (QED) is 0.180. The fraction of sp³-hybridized carbons (Fsp3) is 0.543. The van der Waals surface area contributed by atoms with Gasteiger partial charge in [-0.25, -0.2) is 0 Å². The molecule has 0 spiro atoms. The minimum atomic E-state index is -0.696. The van der Waals surface area contributed by atoms with Crippen molar-refractivity contribution in [2.24, 2.45) is 17.6 Å². The minimum Gasteiger partial charge on any atom is -0.481 e. The molecule has 43 heavy (non-hydrogen) atoms. The van der Waals surface area contributed by atoms with Gasteiger partial charge in [0.1, 0.15) is 6.29 Å². The van der Waals surface area contributed by atoms with Crippen molar-refractivity contribution in [3.8, 4) is 11.1 Å². The highest BCUT2D eigenvalue weighted by Crippen LogP contribution is 2.18. The predicted molar refractivity (Wildman–Crippen MR) is 182 cm³/mol. The maximum absolute atomic E-state index is 9.90. The van der Waals surface area contributed by atoms with E-state index in [0.29, 0.717) is 25.2 Å². The highest BCUT2D eigenvalue weighted by atomic mass is 16.4. The molecular formula is C35H61N3O5. The molecule has 2 unspecified atom stereocenters. The summed E-state index contributed by atoms with van der Waals surface area (Å²) in [7, 11) is 3.25. The van der Waals surface area contributed by atoms with Crippen LogP contribution in [0.5, 0.6) is 0 Å². The average molecular weight is 604 g/mol. The maximum atomic E-state index is 9.90. The summed E-state index contributed by atoms with van der Waals surface area (Å²) in [6.45, 7) is 14.8. The monoisotopic (exact) mass is 603 g/mol. The number of nitrogens with two attached hydrogens (primary N) is 1. The Morgan fingerprint density at radius 2 is 1.33 bits per heavy atom. The van der Waals surface area contributed by atoms with Crippen LogP contribution in [-0.2, 0) is 19.2 Å². The number of aryl methyl sites for hydroxylation is 1. The summed E-state index contributed by atoms with van der Waals surface area (Å²) in [4.78, 5) is 37.7. The van der Waals surface area contributed by atoms with Crippen molar-refractivity contribution in [3.05, 3.63) is 60.2 Å². The number of unbranched alkanes of at least 4 members (excludes halogenated alkanes) is 1. The molecule has 0 heterocycles. The van der Waals surface area contributed by atoms with Crippen LogP contribution in [0.3, 0.4) is 0 Å². The van der Waals surface area contributed by atoms with Gasteiger partial charge in [-0.3, -0.25) is 14.4 Å². The Balaban J connectivity index is -0.000000228. The van der Waals surface area contributed by atoms with Gasteiger partial charge in [-0.15, -0.1) is 0 Å². The number of carbonyl (C=O) groups excluding carboxylic acids is 3. The molecule has 5 N–H and O–H groups in total. The fourth-order valence-corrected chi connectivity index (χ4v) is 3.07. The molecule has 0 saturated heterocycles. The van der Waals surface area contributed by atoms with Crippen LogP contribution in [0.1, 0.15) is 92.1 Å². The Kier molecular flexibility index (Phi) is 39.7. The molecule has 8 heteroatoms. The number of imide groups is 1. The molecule has 2 atom stereocenters. The van der Waals surface area contributed by atoms with Crippen molar-refractivity contribution >= 4 is 25.1 Å². The van der Waals surface area contributed by atoms with Crippen molar-refractivity contribution in [2.45, 2.75) is 99.5 Å². The molecule has 2 amide bonds. The SMILES string of the molecule is CC(C)CCC(=O)O.CCCCC(C)CCC.CN.CNC(C)C=O.Cc1ccc(-c2ccccc2)cc1.O=CNC=O. The molecule has 2 rings (SSSR count). The third kappa shape index (κ3) is 38.6. The van der Waals surface area contributed by atoms with E-state index in [1.54, 1.807) is 19.3 Å². The van der Waals surface area contributed by atoms with Crippen molar-refractivity contribution in [2.75, 3.05) is 14.1 Å². The molecule has 0 bridgehead atoms. The normalized spacial score (nSPS) is 10.4. The van der Waals surface area contributed by atoms with Crippen molar-refractivity contribution in [1.29, 1.82) is 0 Å². The molecule has 2 aromatic carbocycles. The predicted octanol–water partition coefficient (Wildman–Crippen LogP) is 7.04. The lowest BCUT2D eigenvalue weighted by Gasteiger charge is -2.07. The number of amides is 2. The van der Waals surface area contributed by atoms with Gasteiger partial charge in [-0.05, 0) is 57.3 Å². The molecule has 0 aliphatic heterocycles. The second-order valence-electron chi connectivity index (χ2n) is 10.2. The van der Waals surface area contributed by atoms with Gasteiger partial charge in [0, 0.05) is 6.42 Å². The summed E-state index contributed by atoms with van der Waals surface area (Å²) in [5.41, 5.74) is 8.37. The summed E-state index contributed by atoms with van der Waals surface area (Å²) in [6, 6.07) is 19.0. The Labute approximate surface area is 262 Å². The number of hydrogen-bond donors (Lipinski definition) is 4. The smallest absolute Gasteiger partial charge is 0.303 e. The largest absolute Gasteiger partial charge is 0.481 e. The number of hydrogen-bond acceptors (Lipinski definition) is 6. The van der Waals surface area contributed by atoms with Gasteiger partial charge in [0.2, 0.25) is 12.8 Å². The second-order valence-corrected chi connectivity index (χ2v) is 10.2. The minimum absolute atomic E-state index is 0.00463. The molecule has 0 fully saturated rings. The lowest BCUT2D eigenvalue weighted by molar-refractivity contribution is -0.137. The van der Waals surface area contributed by atoms with Crippen LogP contribution in [0.2, 0.25) is 0 Å². The van der Waals surface area contributed by atoms with Crippen LogP contribution in [0.25, 0.3) is 11.1 Å². The first kappa shape index (κ1) is 46.6. The van der Waals surface area contributed by atoms with Crippen molar-refractivity contribution in [1.82, 2.24) is 10.6 Å². The van der Waals surface area contributed by atoms with Gasteiger partial charge in [-0.2, -0.15) is 0 Å². The molecule has 0 radical (unpaired) electrons. The van der Waals surface area contributed by atoms with E-state index in [1.165, 1.54) is 55.8 Å². The van der Waals surface area contributed by atoms with Crippen LogP contribution in [0, 0.1) is 18.8 Å². The number of aldehydes is 1. The number of rotatable bonds is 13. The third-order valence-corrected chi connectivity index (χ3v) is 5.72. The van der Waals surface area contributed by atoms with Crippen LogP contribution in [0.4, 0.5) is 0 Å². The zero-order valence-corrected chi connectivity index (χ0v) is 28.3. The zero-order chi connectivity index (χ0) is 33.9. The standard InChI is InChI=1S/C13H12.C9H20.C6H12O2.C4H9NO.C2H3NO2.CH5N/c1-11-7-9-13(10-8-11)12-5-3-2-4-6-12;1-4-6-8-9(3)7-5-2;1-5(2)3-4-6(7)8;1-4(3-6)5-2;4-1-3-2-5;1-2/h2-10H,1H3;9H,4-8H2,1-3H3;5H,3-4H2,1-2H3,(H,7,8);3-5H,1-2H3;1-2H,(H,3,4,5);2H2,1H3. The van der Waals surface area contributed by atoms with Crippen LogP contribution in [-0.4, -0.2) is 50.3 Å². The molecule has 0 aromatic heterocycles. The fourth-order valence-electron chi connectivity index (χ4n) is 3.07. The second kappa shape index (κ2) is 36.7. The number of nitrogens with one attached hydrogen (secondary N) is 2. The topological polar surface area (TPSA) is 139 Å². The van der Waals surface area contributed by atoms with Gasteiger partial charge < -0.3 is 26.3 Å². The lowest BCUT2D eigenvalue weighted by atomic mass is 10.00. The van der Waals surface area contributed by atoms with Crippen molar-refractivity contribution in [3.63, 3.8) is 0 Å². The summed E-state index contributed by atoms with van der Waals surface area (Å²) < 4.78 is 0. The van der Waals surface area contributed by atoms with Gasteiger partial charge in [0.15, 0.2) is 0 Å². The van der Waals surface area contributed by atoms with Crippen LogP contribution >= 0.6 is 0 Å². The van der Waals surface area contributed by atoms with E-state index >= 15 is 0 Å². The first-order valence-corrected chi connectivity index (χ1v) is 15.2. The van der Waals surface area contributed by atoms with E-state index in [2.05, 4.69) is 87.3 Å². The highest BCUT2D eigenvalue weighted by molar-refractivity contribution is 5.67. The summed E-state index contributed by atoms with van der Waals surface area (Å²) in [6.07, 6.45) is 9.55. The van der Waals surface area contributed by atoms with E-state index in [-0.39, 0.29) is 6.04 Å². The Morgan fingerprint density at radius 3 is 1.63 bits per heavy atom. The maximum Gasteiger partial charge on any atom is 0.303 e. The Bertz CT molecular complexity index is 869. The van der Waals surface area contributed by atoms with E-state index in [1.807, 2.05) is 19.9 Å². The van der Waals surface area contributed by atoms with Gasteiger partial charge in [0.25, 0.3) is 0 Å². The number of likely N-dealkylation sites (N-methyl/N-ethyl adjacent to an activating group) is 1. The number of benzene rings is 2. The first-order chi connectivity index (χ1) is 20.5. The van der Waals surface area contributed by atoms with E-state index in [9.17, 15) is 9.59 Å². The number of carboxylic acids is 1. The number of carboxylic acid groups (broad SMARTS) is 1.